The standard InChI is InChI=1S/C24H33N7O3/c1-29(2)11-12-34-17-8-6-7-16(13-17)24(33)30(3)18-9-4-5-10-19(21(18)32)31-15-28-20-22(25)26-14-27-23(20)31/h6-8,13-15,18-19,21,32H,4-5,9-12H2,1-3H3,(H2,25,26,27)/t18-,19+,21+/m0/s1. The Hall–Kier alpha value is -3.24. The predicted molar refractivity (Wildman–Crippen MR) is 130 cm³/mol. The third-order valence-corrected chi connectivity index (χ3v) is 6.49. The first kappa shape index (κ1) is 23.9. The summed E-state index contributed by atoms with van der Waals surface area (Å²) in [4.78, 5) is 29.8. The van der Waals surface area contributed by atoms with Crippen molar-refractivity contribution in [3.63, 3.8) is 0 Å². The van der Waals surface area contributed by atoms with Crippen LogP contribution in [-0.4, -0.2) is 86.8 Å². The molecule has 2 aromatic heterocycles. The Balaban J connectivity index is 1.53. The lowest BCUT2D eigenvalue weighted by Gasteiger charge is -2.34. The van der Waals surface area contributed by atoms with Gasteiger partial charge in [-0.1, -0.05) is 18.9 Å². The molecule has 1 amide bonds. The van der Waals surface area contributed by atoms with E-state index in [1.165, 1.54) is 6.33 Å². The van der Waals surface area contributed by atoms with Crippen LogP contribution in [0.1, 0.15) is 42.1 Å². The van der Waals surface area contributed by atoms with E-state index in [-0.39, 0.29) is 18.0 Å². The molecule has 0 bridgehead atoms. The number of carbonyl (C=O) groups is 1. The Morgan fingerprint density at radius 3 is 2.79 bits per heavy atom. The van der Waals surface area contributed by atoms with Crippen molar-refractivity contribution in [3.05, 3.63) is 42.5 Å². The first-order valence-electron chi connectivity index (χ1n) is 11.6. The van der Waals surface area contributed by atoms with Crippen molar-refractivity contribution in [2.24, 2.45) is 0 Å². The van der Waals surface area contributed by atoms with Crippen molar-refractivity contribution >= 4 is 22.9 Å². The first-order chi connectivity index (χ1) is 16.4. The van der Waals surface area contributed by atoms with Gasteiger partial charge in [0.2, 0.25) is 0 Å². The lowest BCUT2D eigenvalue weighted by Crippen LogP contribution is -2.47. The molecule has 1 saturated carbocycles. The lowest BCUT2D eigenvalue weighted by atomic mass is 9.99. The van der Waals surface area contributed by atoms with Crippen LogP contribution in [0.15, 0.2) is 36.9 Å². The molecule has 1 fully saturated rings. The van der Waals surface area contributed by atoms with Crippen LogP contribution in [0.4, 0.5) is 5.82 Å². The number of aliphatic hydroxyl groups is 1. The van der Waals surface area contributed by atoms with E-state index in [9.17, 15) is 9.90 Å². The molecule has 3 aromatic rings. The van der Waals surface area contributed by atoms with E-state index in [4.69, 9.17) is 10.5 Å². The largest absolute Gasteiger partial charge is 0.492 e. The van der Waals surface area contributed by atoms with Crippen LogP contribution in [0.3, 0.4) is 0 Å². The zero-order valence-electron chi connectivity index (χ0n) is 20.0. The van der Waals surface area contributed by atoms with Gasteiger partial charge in [0.15, 0.2) is 11.5 Å². The quantitative estimate of drug-likeness (QED) is 0.506. The number of carbonyl (C=O) groups excluding carboxylic acids is 1. The van der Waals surface area contributed by atoms with Crippen molar-refractivity contribution in [2.75, 3.05) is 40.0 Å². The number of imidazole rings is 1. The summed E-state index contributed by atoms with van der Waals surface area (Å²) in [5.41, 5.74) is 7.59. The molecule has 2 heterocycles. The third-order valence-electron chi connectivity index (χ3n) is 6.49. The number of anilines is 1. The Kier molecular flexibility index (Phi) is 7.28. The summed E-state index contributed by atoms with van der Waals surface area (Å²) in [6, 6.07) is 6.58. The average Bonchev–Trinajstić information content (AvgIpc) is 3.16. The molecule has 0 radical (unpaired) electrons. The van der Waals surface area contributed by atoms with E-state index in [0.717, 1.165) is 25.8 Å². The minimum absolute atomic E-state index is 0.148. The van der Waals surface area contributed by atoms with Crippen molar-refractivity contribution < 1.29 is 14.6 Å². The smallest absolute Gasteiger partial charge is 0.254 e. The fourth-order valence-electron chi connectivity index (χ4n) is 4.56. The summed E-state index contributed by atoms with van der Waals surface area (Å²) < 4.78 is 7.67. The SMILES string of the molecule is CN(C)CCOc1cccc(C(=O)N(C)[C@H]2CCCC[C@@H](n3cnc4c(N)ncnc43)[C@@H]2O)c1. The molecule has 0 saturated heterocycles. The Labute approximate surface area is 199 Å². The van der Waals surface area contributed by atoms with Gasteiger partial charge in [-0.15, -0.1) is 0 Å². The van der Waals surface area contributed by atoms with Crippen molar-refractivity contribution in [2.45, 2.75) is 43.9 Å². The van der Waals surface area contributed by atoms with Gasteiger partial charge in [0.1, 0.15) is 24.2 Å². The molecule has 10 nitrogen and oxygen atoms in total. The number of amides is 1. The number of ether oxygens (including phenoxy) is 1. The maximum atomic E-state index is 13.4. The van der Waals surface area contributed by atoms with Crippen LogP contribution in [0.2, 0.25) is 0 Å². The fraction of sp³-hybridized carbons (Fsp3) is 0.500. The first-order valence-corrected chi connectivity index (χ1v) is 11.6. The molecule has 34 heavy (non-hydrogen) atoms. The zero-order chi connectivity index (χ0) is 24.2. The second-order valence-corrected chi connectivity index (χ2v) is 9.09. The zero-order valence-corrected chi connectivity index (χ0v) is 20.0. The van der Waals surface area contributed by atoms with Gasteiger partial charge in [0.25, 0.3) is 5.91 Å². The van der Waals surface area contributed by atoms with Crippen LogP contribution >= 0.6 is 0 Å². The van der Waals surface area contributed by atoms with Crippen LogP contribution in [0.25, 0.3) is 11.2 Å². The molecule has 3 N–H and O–H groups in total. The molecule has 0 spiro atoms. The Bertz CT molecular complexity index is 1130. The van der Waals surface area contributed by atoms with Crippen LogP contribution in [0, 0.1) is 0 Å². The number of benzene rings is 1. The van der Waals surface area contributed by atoms with Gasteiger partial charge in [-0.3, -0.25) is 4.79 Å². The number of likely N-dealkylation sites (N-methyl/N-ethyl adjacent to an activating group) is 2. The predicted octanol–water partition coefficient (Wildman–Crippen LogP) is 1.97. The number of aromatic nitrogens is 4. The number of nitrogens with zero attached hydrogens (tertiary/aromatic N) is 6. The van der Waals surface area contributed by atoms with Gasteiger partial charge < -0.3 is 29.9 Å². The van der Waals surface area contributed by atoms with Crippen molar-refractivity contribution in [3.8, 4) is 5.75 Å². The molecule has 4 rings (SSSR count). The molecular weight excluding hydrogens is 434 g/mol. The molecule has 3 atom stereocenters. The number of fused-ring (bicyclic) bond motifs is 1. The molecular formula is C24H33N7O3. The van der Waals surface area contributed by atoms with Crippen LogP contribution in [0.5, 0.6) is 5.75 Å². The third kappa shape index (κ3) is 4.97. The number of hydrogen-bond donors (Lipinski definition) is 2. The van der Waals surface area contributed by atoms with Crippen molar-refractivity contribution in [1.82, 2.24) is 29.3 Å². The Morgan fingerprint density at radius 1 is 1.21 bits per heavy atom. The van der Waals surface area contributed by atoms with E-state index in [1.807, 2.05) is 35.7 Å². The highest BCUT2D eigenvalue weighted by Gasteiger charge is 2.36. The van der Waals surface area contributed by atoms with Crippen LogP contribution < -0.4 is 10.5 Å². The number of hydrogen-bond acceptors (Lipinski definition) is 8. The molecule has 0 unspecified atom stereocenters. The van der Waals surface area contributed by atoms with Gasteiger partial charge in [-0.25, -0.2) is 15.0 Å². The van der Waals surface area contributed by atoms with Gasteiger partial charge in [0.05, 0.1) is 24.5 Å². The molecule has 0 aliphatic heterocycles. The van der Waals surface area contributed by atoms with E-state index >= 15 is 0 Å². The van der Waals surface area contributed by atoms with E-state index in [0.29, 0.717) is 41.3 Å². The van der Waals surface area contributed by atoms with E-state index < -0.39 is 6.10 Å². The highest BCUT2D eigenvalue weighted by molar-refractivity contribution is 5.94. The summed E-state index contributed by atoms with van der Waals surface area (Å²) in [5.74, 6) is 0.816. The summed E-state index contributed by atoms with van der Waals surface area (Å²) in [7, 11) is 5.72. The number of nitrogens with two attached hydrogens (primary N) is 1. The topological polar surface area (TPSA) is 123 Å². The van der Waals surface area contributed by atoms with Gasteiger partial charge >= 0.3 is 0 Å². The summed E-state index contributed by atoms with van der Waals surface area (Å²) in [5, 5.41) is 11.5. The lowest BCUT2D eigenvalue weighted by molar-refractivity contribution is 0.0235. The minimum atomic E-state index is -0.787. The molecule has 1 aromatic carbocycles. The van der Waals surface area contributed by atoms with E-state index in [1.54, 1.807) is 30.4 Å². The molecule has 10 heteroatoms. The monoisotopic (exact) mass is 467 g/mol. The van der Waals surface area contributed by atoms with Gasteiger partial charge in [-0.2, -0.15) is 0 Å². The average molecular weight is 468 g/mol. The molecule has 182 valence electrons. The number of aliphatic hydroxyl groups excluding tert-OH is 1. The highest BCUT2D eigenvalue weighted by Crippen LogP contribution is 2.33. The molecule has 1 aliphatic carbocycles. The maximum Gasteiger partial charge on any atom is 0.254 e. The number of rotatable bonds is 7. The molecule has 1 aliphatic rings. The van der Waals surface area contributed by atoms with Crippen molar-refractivity contribution in [1.29, 1.82) is 0 Å². The maximum absolute atomic E-state index is 13.4. The summed E-state index contributed by atoms with van der Waals surface area (Å²) in [6.07, 6.45) is 5.57. The highest BCUT2D eigenvalue weighted by atomic mass is 16.5. The summed E-state index contributed by atoms with van der Waals surface area (Å²) in [6.45, 7) is 1.32. The normalized spacial score (nSPS) is 20.9. The minimum Gasteiger partial charge on any atom is -0.492 e. The second kappa shape index (κ2) is 10.4. The number of nitrogen functional groups attached to an aromatic ring is 1. The van der Waals surface area contributed by atoms with Crippen LogP contribution in [-0.2, 0) is 0 Å². The van der Waals surface area contributed by atoms with Gasteiger partial charge in [-0.05, 0) is 45.1 Å². The van der Waals surface area contributed by atoms with E-state index in [2.05, 4.69) is 15.0 Å². The summed E-state index contributed by atoms with van der Waals surface area (Å²) >= 11 is 0. The van der Waals surface area contributed by atoms with Gasteiger partial charge in [0, 0.05) is 19.2 Å². The Morgan fingerprint density at radius 2 is 2.00 bits per heavy atom. The fourth-order valence-corrected chi connectivity index (χ4v) is 4.56. The second-order valence-electron chi connectivity index (χ2n) is 9.09.